The summed E-state index contributed by atoms with van der Waals surface area (Å²) in [6.45, 7) is 2.48. The third-order valence-electron chi connectivity index (χ3n) is 4.87. The molecule has 0 fully saturated rings. The molecule has 0 saturated heterocycles. The van der Waals surface area contributed by atoms with Gasteiger partial charge in [0.15, 0.2) is 5.78 Å². The highest BCUT2D eigenvalue weighted by molar-refractivity contribution is 6.06. The number of aromatic nitrogens is 2. The highest BCUT2D eigenvalue weighted by atomic mass is 19.4. The molecular formula is C19H22F3N3O. The number of Topliss-reactive ketones (excluding diaryl/α,β-unsaturated/α-hetero) is 1. The van der Waals surface area contributed by atoms with Crippen molar-refractivity contribution >= 4 is 11.5 Å². The summed E-state index contributed by atoms with van der Waals surface area (Å²) in [4.78, 5) is 14.9. The van der Waals surface area contributed by atoms with E-state index in [0.29, 0.717) is 35.4 Å². The van der Waals surface area contributed by atoms with Crippen LogP contribution in [-0.2, 0) is 13.0 Å². The van der Waals surface area contributed by atoms with Gasteiger partial charge in [0, 0.05) is 30.8 Å². The van der Waals surface area contributed by atoms with Gasteiger partial charge in [0.25, 0.3) is 0 Å². The number of carbonyl (C=O) groups excluding carboxylic acids is 1. The molecule has 2 aromatic rings. The molecular weight excluding hydrogens is 343 g/mol. The first-order valence-electron chi connectivity index (χ1n) is 8.48. The summed E-state index contributed by atoms with van der Waals surface area (Å²) in [5.74, 6) is -0.140. The molecule has 1 aliphatic rings. The number of anilines is 1. The predicted octanol–water partition coefficient (Wildman–Crippen LogP) is 4.33. The fourth-order valence-corrected chi connectivity index (χ4v) is 3.29. The van der Waals surface area contributed by atoms with E-state index in [-0.39, 0.29) is 5.78 Å². The average Bonchev–Trinajstić information content (AvgIpc) is 2.88. The number of hydrogen-bond acceptors (Lipinski definition) is 3. The maximum Gasteiger partial charge on any atom is 0.408 e. The molecule has 0 bridgehead atoms. The van der Waals surface area contributed by atoms with E-state index in [1.54, 1.807) is 12.1 Å². The lowest BCUT2D eigenvalue weighted by Crippen LogP contribution is -2.31. The molecule has 0 N–H and O–H groups in total. The fraction of sp³-hybridized carbons (Fsp3) is 0.474. The van der Waals surface area contributed by atoms with Crippen molar-refractivity contribution in [2.24, 2.45) is 5.41 Å². The van der Waals surface area contributed by atoms with E-state index < -0.39 is 18.1 Å². The molecule has 0 amide bonds. The second-order valence-corrected chi connectivity index (χ2v) is 7.60. The van der Waals surface area contributed by atoms with E-state index in [1.165, 1.54) is 0 Å². The number of ketones is 1. The van der Waals surface area contributed by atoms with Crippen LogP contribution in [0.1, 0.15) is 36.3 Å². The van der Waals surface area contributed by atoms with Gasteiger partial charge in [-0.05, 0) is 25.0 Å². The molecule has 3 rings (SSSR count). The van der Waals surface area contributed by atoms with E-state index in [1.807, 2.05) is 45.0 Å². The minimum atomic E-state index is -4.39. The van der Waals surface area contributed by atoms with Gasteiger partial charge >= 0.3 is 6.18 Å². The second kappa shape index (κ2) is 6.14. The van der Waals surface area contributed by atoms with Gasteiger partial charge in [-0.15, -0.1) is 0 Å². The monoisotopic (exact) mass is 365 g/mol. The zero-order valence-corrected chi connectivity index (χ0v) is 15.3. The molecule has 0 saturated carbocycles. The number of alkyl halides is 3. The summed E-state index contributed by atoms with van der Waals surface area (Å²) < 4.78 is 39.8. The molecule has 0 unspecified atom stereocenters. The molecule has 7 heteroatoms. The third kappa shape index (κ3) is 3.34. The lowest BCUT2D eigenvalue weighted by molar-refractivity contribution is -0.143. The Balaban J connectivity index is 2.14. The zero-order chi connectivity index (χ0) is 19.3. The van der Waals surface area contributed by atoms with E-state index in [9.17, 15) is 18.0 Å². The Labute approximate surface area is 150 Å². The Bertz CT molecular complexity index is 833. The Morgan fingerprint density at radius 3 is 2.35 bits per heavy atom. The number of halogens is 3. The van der Waals surface area contributed by atoms with Crippen molar-refractivity contribution in [1.82, 2.24) is 9.78 Å². The van der Waals surface area contributed by atoms with Crippen molar-refractivity contribution in [2.75, 3.05) is 19.0 Å². The molecule has 26 heavy (non-hydrogen) atoms. The van der Waals surface area contributed by atoms with Gasteiger partial charge in [0.1, 0.15) is 12.2 Å². The Hall–Kier alpha value is -2.31. The molecule has 1 aromatic heterocycles. The van der Waals surface area contributed by atoms with Gasteiger partial charge in [-0.3, -0.25) is 9.48 Å². The topological polar surface area (TPSA) is 38.1 Å². The van der Waals surface area contributed by atoms with Crippen LogP contribution in [0.2, 0.25) is 0 Å². The summed E-state index contributed by atoms with van der Waals surface area (Å²) in [5, 5.41) is 4.20. The van der Waals surface area contributed by atoms with Crippen molar-refractivity contribution in [3.8, 4) is 11.3 Å². The maximum atomic E-state index is 13.0. The van der Waals surface area contributed by atoms with Gasteiger partial charge in [-0.2, -0.15) is 18.3 Å². The van der Waals surface area contributed by atoms with Crippen molar-refractivity contribution in [1.29, 1.82) is 0 Å². The molecule has 4 nitrogen and oxygen atoms in total. The zero-order valence-electron chi connectivity index (χ0n) is 15.3. The molecule has 140 valence electrons. The largest absolute Gasteiger partial charge is 0.408 e. The average molecular weight is 365 g/mol. The quantitative estimate of drug-likeness (QED) is 0.812. The van der Waals surface area contributed by atoms with Crippen LogP contribution in [0.4, 0.5) is 18.9 Å². The number of hydrogen-bond donors (Lipinski definition) is 0. The molecule has 0 aliphatic heterocycles. The van der Waals surface area contributed by atoms with Crippen molar-refractivity contribution in [2.45, 2.75) is 39.4 Å². The number of fused-ring (bicyclic) bond motifs is 1. The molecule has 1 heterocycles. The van der Waals surface area contributed by atoms with Crippen LogP contribution in [-0.4, -0.2) is 35.8 Å². The van der Waals surface area contributed by atoms with Crippen LogP contribution >= 0.6 is 0 Å². The summed E-state index contributed by atoms with van der Waals surface area (Å²) >= 11 is 0. The molecule has 0 atom stereocenters. The van der Waals surface area contributed by atoms with Crippen LogP contribution in [0.15, 0.2) is 24.3 Å². The van der Waals surface area contributed by atoms with Gasteiger partial charge in [0.2, 0.25) is 0 Å². The van der Waals surface area contributed by atoms with Gasteiger partial charge in [-0.1, -0.05) is 26.0 Å². The summed E-state index contributed by atoms with van der Waals surface area (Å²) in [6.07, 6.45) is -3.46. The first kappa shape index (κ1) is 18.5. The summed E-state index contributed by atoms with van der Waals surface area (Å²) in [6, 6.07) is 7.32. The second-order valence-electron chi connectivity index (χ2n) is 7.60. The minimum absolute atomic E-state index is 0.140. The lowest BCUT2D eigenvalue weighted by atomic mass is 9.74. The van der Waals surface area contributed by atoms with E-state index in [0.717, 1.165) is 10.4 Å². The van der Waals surface area contributed by atoms with E-state index in [4.69, 9.17) is 0 Å². The SMILES string of the molecule is CN(C)c1ccc(-c2nn(CC(F)(F)F)c3c2C(=O)C(C)(C)CC3)cc1. The van der Waals surface area contributed by atoms with E-state index in [2.05, 4.69) is 5.10 Å². The van der Waals surface area contributed by atoms with Crippen LogP contribution < -0.4 is 4.90 Å². The van der Waals surface area contributed by atoms with E-state index >= 15 is 0 Å². The van der Waals surface area contributed by atoms with Crippen molar-refractivity contribution < 1.29 is 18.0 Å². The smallest absolute Gasteiger partial charge is 0.378 e. The fourth-order valence-electron chi connectivity index (χ4n) is 3.29. The lowest BCUT2D eigenvalue weighted by Gasteiger charge is -2.28. The highest BCUT2D eigenvalue weighted by Crippen LogP contribution is 2.40. The highest BCUT2D eigenvalue weighted by Gasteiger charge is 2.41. The number of nitrogens with zero attached hydrogens (tertiary/aromatic N) is 3. The Kier molecular flexibility index (Phi) is 4.37. The van der Waals surface area contributed by atoms with Gasteiger partial charge in [0.05, 0.1) is 11.3 Å². The first-order chi connectivity index (χ1) is 12.0. The normalized spacial score (nSPS) is 16.5. The number of rotatable bonds is 3. The Morgan fingerprint density at radius 2 is 1.81 bits per heavy atom. The van der Waals surface area contributed by atoms with Crippen LogP contribution in [0, 0.1) is 5.41 Å². The van der Waals surface area contributed by atoms with Crippen LogP contribution in [0.3, 0.4) is 0 Å². The Morgan fingerprint density at radius 1 is 1.19 bits per heavy atom. The number of benzene rings is 1. The predicted molar refractivity (Wildman–Crippen MR) is 94.5 cm³/mol. The van der Waals surface area contributed by atoms with Gasteiger partial charge < -0.3 is 4.90 Å². The van der Waals surface area contributed by atoms with Crippen molar-refractivity contribution in [3.05, 3.63) is 35.5 Å². The van der Waals surface area contributed by atoms with Gasteiger partial charge in [-0.25, -0.2) is 0 Å². The number of carbonyl (C=O) groups is 1. The molecule has 0 spiro atoms. The van der Waals surface area contributed by atoms with Crippen LogP contribution in [0.5, 0.6) is 0 Å². The third-order valence-corrected chi connectivity index (χ3v) is 4.87. The first-order valence-corrected chi connectivity index (χ1v) is 8.48. The van der Waals surface area contributed by atoms with Crippen LogP contribution in [0.25, 0.3) is 11.3 Å². The molecule has 0 radical (unpaired) electrons. The van der Waals surface area contributed by atoms with Crippen molar-refractivity contribution in [3.63, 3.8) is 0 Å². The standard InChI is InChI=1S/C19H22F3N3O/c1-18(2)10-9-14-15(17(18)26)16(23-25(14)11-19(20,21)22)12-5-7-13(8-6-12)24(3)4/h5-8H,9-11H2,1-4H3. The minimum Gasteiger partial charge on any atom is -0.378 e. The molecule has 1 aromatic carbocycles. The summed E-state index contributed by atoms with van der Waals surface area (Å²) in [7, 11) is 3.81. The maximum absolute atomic E-state index is 13.0. The summed E-state index contributed by atoms with van der Waals surface area (Å²) in [5.41, 5.74) is 2.08. The molecule has 1 aliphatic carbocycles.